The van der Waals surface area contributed by atoms with Crippen LogP contribution < -0.4 is 5.46 Å². The Kier molecular flexibility index (Phi) is 4.07. The fourth-order valence-corrected chi connectivity index (χ4v) is 6.67. The quantitative estimate of drug-likeness (QED) is 0.206. The normalized spacial score (nSPS) is 17.5. The summed E-state index contributed by atoms with van der Waals surface area (Å²) < 4.78 is 9.17. The van der Waals surface area contributed by atoms with Crippen molar-refractivity contribution in [2.45, 2.75) is 39.6 Å². The molecule has 0 bridgehead atoms. The van der Waals surface area contributed by atoms with Crippen molar-refractivity contribution in [1.82, 2.24) is 0 Å². The van der Waals surface area contributed by atoms with E-state index in [4.69, 9.17) is 4.65 Å². The lowest BCUT2D eigenvalue weighted by molar-refractivity contribution is 0.0376. The molecule has 0 aliphatic carbocycles. The first kappa shape index (κ1) is 19.8. The predicted molar refractivity (Wildman–Crippen MR) is 138 cm³/mol. The van der Waals surface area contributed by atoms with Gasteiger partial charge in [-0.2, -0.15) is 5.26 Å². The lowest BCUT2D eigenvalue weighted by atomic mass is 9.54. The van der Waals surface area contributed by atoms with Crippen LogP contribution >= 0.6 is 11.3 Å². The zero-order valence-electron chi connectivity index (χ0n) is 18.8. The van der Waals surface area contributed by atoms with E-state index in [2.05, 4.69) is 94.4 Å². The lowest BCUT2D eigenvalue weighted by Crippen LogP contribution is -2.36. The molecule has 1 aliphatic heterocycles. The Morgan fingerprint density at radius 3 is 2.09 bits per heavy atom. The molecular formula is C28H24BNOS. The molecule has 0 spiro atoms. The first-order chi connectivity index (χ1) is 15.3. The molecule has 0 unspecified atom stereocenters. The van der Waals surface area contributed by atoms with Crippen LogP contribution in [-0.4, -0.2) is 12.5 Å². The fourth-order valence-electron chi connectivity index (χ4n) is 5.28. The molecule has 1 saturated heterocycles. The molecule has 1 aliphatic rings. The summed E-state index contributed by atoms with van der Waals surface area (Å²) in [7, 11) is 0. The number of hydrogen-bond acceptors (Lipinski definition) is 3. The molecule has 4 aromatic carbocycles. The van der Waals surface area contributed by atoms with Gasteiger partial charge in [-0.05, 0) is 59.3 Å². The van der Waals surface area contributed by atoms with Crippen molar-refractivity contribution in [3.63, 3.8) is 0 Å². The molecule has 32 heavy (non-hydrogen) atoms. The maximum atomic E-state index is 9.88. The SMILES string of the molecule is CC1(C)CB(c2cc(C#N)cc3c2sc2c4ccccc4c4ccccc4c32)OC1(C)C. The summed E-state index contributed by atoms with van der Waals surface area (Å²) in [5.41, 5.74) is 1.70. The Labute approximate surface area is 192 Å². The molecule has 156 valence electrons. The summed E-state index contributed by atoms with van der Waals surface area (Å²) in [5.74, 6) is 0. The predicted octanol–water partition coefficient (Wildman–Crippen LogP) is 7.27. The minimum absolute atomic E-state index is 0.0126. The number of hydrogen-bond donors (Lipinski definition) is 0. The molecule has 5 aromatic rings. The van der Waals surface area contributed by atoms with E-state index in [1.54, 1.807) is 0 Å². The van der Waals surface area contributed by atoms with Gasteiger partial charge in [0.05, 0.1) is 17.2 Å². The molecule has 1 aromatic heterocycles. The third-order valence-electron chi connectivity index (χ3n) is 7.71. The first-order valence-electron chi connectivity index (χ1n) is 11.2. The molecule has 0 amide bonds. The molecule has 1 fully saturated rings. The highest BCUT2D eigenvalue weighted by atomic mass is 32.1. The van der Waals surface area contributed by atoms with Crippen LogP contribution in [0.2, 0.25) is 6.32 Å². The summed E-state index contributed by atoms with van der Waals surface area (Å²) in [4.78, 5) is 0. The van der Waals surface area contributed by atoms with Crippen molar-refractivity contribution < 1.29 is 4.65 Å². The minimum Gasteiger partial charge on any atom is -0.425 e. The van der Waals surface area contributed by atoms with E-state index >= 15 is 0 Å². The molecule has 2 nitrogen and oxygen atoms in total. The number of fused-ring (bicyclic) bond motifs is 8. The highest BCUT2D eigenvalue weighted by Gasteiger charge is 2.50. The Morgan fingerprint density at radius 1 is 0.844 bits per heavy atom. The van der Waals surface area contributed by atoms with Crippen molar-refractivity contribution >= 4 is 65.4 Å². The Balaban J connectivity index is 1.77. The van der Waals surface area contributed by atoms with Gasteiger partial charge >= 0.3 is 6.92 Å². The van der Waals surface area contributed by atoms with Crippen molar-refractivity contribution in [2.24, 2.45) is 5.41 Å². The number of benzene rings is 4. The topological polar surface area (TPSA) is 33.0 Å². The van der Waals surface area contributed by atoms with E-state index < -0.39 is 0 Å². The standard InChI is InChI=1S/C28H24BNOS/c1-27(2)16-29(31-28(27,3)4)23-14-17(15-30)13-22-24-20-11-7-5-9-18(20)19-10-6-8-12-21(19)26(24)32-25(22)23/h5-14H,16H2,1-4H3. The molecule has 0 N–H and O–H groups in total. The molecule has 0 atom stereocenters. The highest BCUT2D eigenvalue weighted by molar-refractivity contribution is 7.28. The van der Waals surface area contributed by atoms with Gasteiger partial charge in [-0.15, -0.1) is 11.3 Å². The number of thiophene rings is 1. The first-order valence-corrected chi connectivity index (χ1v) is 12.0. The molecule has 4 heteroatoms. The monoisotopic (exact) mass is 433 g/mol. The Morgan fingerprint density at radius 2 is 1.47 bits per heavy atom. The van der Waals surface area contributed by atoms with Gasteiger partial charge in [0.15, 0.2) is 0 Å². The average Bonchev–Trinajstić information content (AvgIpc) is 3.27. The number of rotatable bonds is 1. The molecular weight excluding hydrogens is 409 g/mol. The van der Waals surface area contributed by atoms with Gasteiger partial charge in [-0.1, -0.05) is 62.4 Å². The summed E-state index contributed by atoms with van der Waals surface area (Å²) in [5, 5.41) is 17.4. The maximum Gasteiger partial charge on any atom is 0.329 e. The van der Waals surface area contributed by atoms with E-state index in [9.17, 15) is 5.26 Å². The van der Waals surface area contributed by atoms with E-state index in [1.165, 1.54) is 41.7 Å². The second kappa shape index (κ2) is 6.57. The van der Waals surface area contributed by atoms with Crippen LogP contribution in [0.1, 0.15) is 33.3 Å². The van der Waals surface area contributed by atoms with Gasteiger partial charge < -0.3 is 4.65 Å². The molecule has 0 radical (unpaired) electrons. The minimum atomic E-state index is -0.220. The van der Waals surface area contributed by atoms with Crippen LogP contribution in [-0.2, 0) is 4.65 Å². The molecule has 0 saturated carbocycles. The smallest absolute Gasteiger partial charge is 0.329 e. The Hall–Kier alpha value is -2.87. The van der Waals surface area contributed by atoms with Crippen molar-refractivity contribution in [1.29, 1.82) is 5.26 Å². The van der Waals surface area contributed by atoms with E-state index in [0.717, 1.165) is 11.8 Å². The van der Waals surface area contributed by atoms with Crippen molar-refractivity contribution in [2.75, 3.05) is 0 Å². The van der Waals surface area contributed by atoms with Crippen LogP contribution in [0.5, 0.6) is 0 Å². The number of nitriles is 1. The average molecular weight is 433 g/mol. The lowest BCUT2D eigenvalue weighted by Gasteiger charge is -2.34. The van der Waals surface area contributed by atoms with Gasteiger partial charge in [-0.25, -0.2) is 0 Å². The highest BCUT2D eigenvalue weighted by Crippen LogP contribution is 2.47. The summed E-state index contributed by atoms with van der Waals surface area (Å²) in [6, 6.07) is 23.9. The van der Waals surface area contributed by atoms with Crippen molar-refractivity contribution in [3.05, 3.63) is 66.2 Å². The van der Waals surface area contributed by atoms with Crippen LogP contribution in [0, 0.1) is 16.7 Å². The maximum absolute atomic E-state index is 9.88. The van der Waals surface area contributed by atoms with Gasteiger partial charge in [0.1, 0.15) is 0 Å². The van der Waals surface area contributed by atoms with E-state index in [0.29, 0.717) is 5.56 Å². The summed E-state index contributed by atoms with van der Waals surface area (Å²) in [6.07, 6.45) is 0.944. The van der Waals surface area contributed by atoms with E-state index in [-0.39, 0.29) is 17.9 Å². The zero-order valence-corrected chi connectivity index (χ0v) is 19.6. The van der Waals surface area contributed by atoms with Gasteiger partial charge in [-0.3, -0.25) is 0 Å². The third kappa shape index (κ3) is 2.62. The van der Waals surface area contributed by atoms with Crippen LogP contribution in [0.15, 0.2) is 60.7 Å². The molecule has 6 rings (SSSR count). The van der Waals surface area contributed by atoms with Crippen LogP contribution in [0.3, 0.4) is 0 Å². The third-order valence-corrected chi connectivity index (χ3v) is 9.00. The second-order valence-corrected chi connectivity index (χ2v) is 11.2. The van der Waals surface area contributed by atoms with Crippen molar-refractivity contribution in [3.8, 4) is 6.07 Å². The van der Waals surface area contributed by atoms with Gasteiger partial charge in [0.25, 0.3) is 0 Å². The Bertz CT molecular complexity index is 1590. The second-order valence-electron chi connectivity index (χ2n) is 10.2. The van der Waals surface area contributed by atoms with Gasteiger partial charge in [0, 0.05) is 25.6 Å². The summed E-state index contributed by atoms with van der Waals surface area (Å²) in [6.45, 7) is 8.92. The largest absolute Gasteiger partial charge is 0.425 e. The molecule has 2 heterocycles. The zero-order chi connectivity index (χ0) is 22.3. The van der Waals surface area contributed by atoms with Gasteiger partial charge in [0.2, 0.25) is 0 Å². The fraction of sp³-hybridized carbons (Fsp3) is 0.250. The number of nitrogens with zero attached hydrogens (tertiary/aromatic N) is 1. The van der Waals surface area contributed by atoms with Crippen LogP contribution in [0.4, 0.5) is 0 Å². The van der Waals surface area contributed by atoms with Crippen LogP contribution in [0.25, 0.3) is 41.7 Å². The summed E-state index contributed by atoms with van der Waals surface area (Å²) >= 11 is 1.85. The van der Waals surface area contributed by atoms with E-state index in [1.807, 2.05) is 11.3 Å².